The van der Waals surface area contributed by atoms with Crippen LogP contribution in [0.4, 0.5) is 0 Å². The molecule has 0 amide bonds. The van der Waals surface area contributed by atoms with Gasteiger partial charge in [-0.15, -0.1) is 11.3 Å². The van der Waals surface area contributed by atoms with Crippen LogP contribution in [0, 0.1) is 0 Å². The van der Waals surface area contributed by atoms with E-state index < -0.39 is 16.0 Å². The summed E-state index contributed by atoms with van der Waals surface area (Å²) in [7, 11) is -3.59. The van der Waals surface area contributed by atoms with Gasteiger partial charge in [0.2, 0.25) is 10.0 Å². The quantitative estimate of drug-likeness (QED) is 0.867. The van der Waals surface area contributed by atoms with Gasteiger partial charge in [-0.1, -0.05) is 0 Å². The molecule has 0 spiro atoms. The maximum Gasteiger partial charge on any atom is 0.336 e. The number of carboxylic acid groups (broad SMARTS) is 1. The van der Waals surface area contributed by atoms with Crippen LogP contribution in [0.5, 0.6) is 0 Å². The molecular formula is C11H15NO4S3. The first kappa shape index (κ1) is 14.8. The van der Waals surface area contributed by atoms with Crippen LogP contribution in [-0.2, 0) is 10.0 Å². The Balaban J connectivity index is 2.08. The molecule has 1 fully saturated rings. The van der Waals surface area contributed by atoms with Crippen molar-refractivity contribution < 1.29 is 18.3 Å². The summed E-state index contributed by atoms with van der Waals surface area (Å²) in [5, 5.41) is 10.7. The van der Waals surface area contributed by atoms with Gasteiger partial charge in [-0.3, -0.25) is 0 Å². The number of sulfonamides is 1. The lowest BCUT2D eigenvalue weighted by molar-refractivity contribution is 0.0697. The van der Waals surface area contributed by atoms with Crippen molar-refractivity contribution in [3.63, 3.8) is 0 Å². The molecule has 0 aromatic carbocycles. The second-order valence-corrected chi connectivity index (χ2v) is 8.44. The van der Waals surface area contributed by atoms with Crippen LogP contribution in [0.1, 0.15) is 29.6 Å². The average Bonchev–Trinajstić information content (AvgIpc) is 2.95. The highest BCUT2D eigenvalue weighted by Crippen LogP contribution is 2.30. The predicted molar refractivity (Wildman–Crippen MR) is 76.5 cm³/mol. The van der Waals surface area contributed by atoms with E-state index in [1.54, 1.807) is 11.8 Å². The fourth-order valence-electron chi connectivity index (χ4n) is 2.11. The molecule has 8 heteroatoms. The van der Waals surface area contributed by atoms with E-state index in [1.165, 1.54) is 11.4 Å². The van der Waals surface area contributed by atoms with Gasteiger partial charge in [0.15, 0.2) is 0 Å². The molecule has 2 atom stereocenters. The molecule has 2 N–H and O–H groups in total. The summed E-state index contributed by atoms with van der Waals surface area (Å²) >= 11 is 2.69. The zero-order valence-electron chi connectivity index (χ0n) is 10.3. The van der Waals surface area contributed by atoms with E-state index in [-0.39, 0.29) is 15.8 Å². The minimum atomic E-state index is -3.59. The molecule has 19 heavy (non-hydrogen) atoms. The Labute approximate surface area is 120 Å². The molecule has 1 aromatic heterocycles. The number of rotatable bonds is 5. The molecule has 1 saturated carbocycles. The lowest BCUT2D eigenvalue weighted by atomic mass is 10.3. The van der Waals surface area contributed by atoms with E-state index in [9.17, 15) is 13.2 Å². The summed E-state index contributed by atoms with van der Waals surface area (Å²) in [5.74, 6) is -1.11. The van der Waals surface area contributed by atoms with Crippen LogP contribution < -0.4 is 4.72 Å². The van der Waals surface area contributed by atoms with E-state index in [0.29, 0.717) is 5.25 Å². The van der Waals surface area contributed by atoms with Gasteiger partial charge in [0.05, 0.1) is 5.56 Å². The van der Waals surface area contributed by atoms with Gasteiger partial charge in [-0.05, 0) is 31.6 Å². The summed E-state index contributed by atoms with van der Waals surface area (Å²) < 4.78 is 27.0. The third kappa shape index (κ3) is 3.50. The molecule has 2 rings (SSSR count). The SMILES string of the molecule is CSC1CCC(NS(=O)(=O)c2cc(C(=O)O)cs2)C1. The third-order valence-corrected chi connectivity index (χ3v) is 7.18. The Morgan fingerprint density at radius 3 is 2.79 bits per heavy atom. The van der Waals surface area contributed by atoms with Crippen LogP contribution in [-0.4, -0.2) is 37.0 Å². The molecule has 0 aliphatic heterocycles. The van der Waals surface area contributed by atoms with E-state index in [2.05, 4.69) is 4.72 Å². The molecule has 1 aliphatic carbocycles. The minimum Gasteiger partial charge on any atom is -0.478 e. The van der Waals surface area contributed by atoms with Gasteiger partial charge in [-0.2, -0.15) is 11.8 Å². The van der Waals surface area contributed by atoms with Crippen molar-refractivity contribution >= 4 is 39.1 Å². The van der Waals surface area contributed by atoms with Gasteiger partial charge in [0.1, 0.15) is 4.21 Å². The molecule has 1 aliphatic rings. The fourth-order valence-corrected chi connectivity index (χ4v) is 5.36. The summed E-state index contributed by atoms with van der Waals surface area (Å²) in [5.41, 5.74) is 0.0128. The predicted octanol–water partition coefficient (Wildman–Crippen LogP) is 2.01. The smallest absolute Gasteiger partial charge is 0.336 e. The van der Waals surface area contributed by atoms with Crippen molar-refractivity contribution in [2.24, 2.45) is 0 Å². The maximum absolute atomic E-state index is 12.1. The van der Waals surface area contributed by atoms with Crippen LogP contribution in [0.15, 0.2) is 15.7 Å². The van der Waals surface area contributed by atoms with Crippen molar-refractivity contribution in [3.8, 4) is 0 Å². The number of carbonyl (C=O) groups is 1. The van der Waals surface area contributed by atoms with Gasteiger partial charge in [0.25, 0.3) is 0 Å². The molecular weight excluding hydrogens is 306 g/mol. The first-order valence-corrected chi connectivity index (χ1v) is 9.44. The van der Waals surface area contributed by atoms with Crippen molar-refractivity contribution in [1.82, 2.24) is 4.72 Å². The molecule has 1 aromatic rings. The lowest BCUT2D eigenvalue weighted by Gasteiger charge is -2.11. The fraction of sp³-hybridized carbons (Fsp3) is 0.545. The number of carboxylic acids is 1. The first-order chi connectivity index (χ1) is 8.92. The Hall–Kier alpha value is -0.570. The normalized spacial score (nSPS) is 23.6. The lowest BCUT2D eigenvalue weighted by Crippen LogP contribution is -2.32. The highest BCUT2D eigenvalue weighted by Gasteiger charge is 2.29. The first-order valence-electron chi connectivity index (χ1n) is 5.79. The molecule has 106 valence electrons. The zero-order chi connectivity index (χ0) is 14.0. The van der Waals surface area contributed by atoms with Gasteiger partial charge < -0.3 is 5.11 Å². The van der Waals surface area contributed by atoms with Crippen molar-refractivity contribution in [2.75, 3.05) is 6.26 Å². The molecule has 1 heterocycles. The van der Waals surface area contributed by atoms with Gasteiger partial charge in [0, 0.05) is 16.7 Å². The third-order valence-electron chi connectivity index (χ3n) is 3.13. The molecule has 0 radical (unpaired) electrons. The van der Waals surface area contributed by atoms with E-state index >= 15 is 0 Å². The van der Waals surface area contributed by atoms with Crippen molar-refractivity contribution in [1.29, 1.82) is 0 Å². The second kappa shape index (κ2) is 5.82. The van der Waals surface area contributed by atoms with Crippen LogP contribution in [0.25, 0.3) is 0 Å². The van der Waals surface area contributed by atoms with Crippen molar-refractivity contribution in [3.05, 3.63) is 17.0 Å². The molecule has 5 nitrogen and oxygen atoms in total. The number of nitrogens with one attached hydrogen (secondary N) is 1. The molecule has 0 saturated heterocycles. The Kier molecular flexibility index (Phi) is 4.54. The summed E-state index contributed by atoms with van der Waals surface area (Å²) in [6.07, 6.45) is 4.71. The Morgan fingerprint density at radius 2 is 2.26 bits per heavy atom. The number of hydrogen-bond acceptors (Lipinski definition) is 5. The Bertz CT molecular complexity index is 566. The molecule has 2 unspecified atom stereocenters. The Morgan fingerprint density at radius 1 is 1.53 bits per heavy atom. The largest absolute Gasteiger partial charge is 0.478 e. The van der Waals surface area contributed by atoms with Crippen LogP contribution in [0.2, 0.25) is 0 Å². The monoisotopic (exact) mass is 321 g/mol. The van der Waals surface area contributed by atoms with E-state index in [0.717, 1.165) is 30.6 Å². The van der Waals surface area contributed by atoms with Gasteiger partial charge in [-0.25, -0.2) is 17.9 Å². The molecule has 0 bridgehead atoms. The standard InChI is InChI=1S/C11H15NO4S3/c1-17-9-3-2-8(5-9)12-19(15,16)10-4-7(6-18-10)11(13)14/h4,6,8-9,12H,2-3,5H2,1H3,(H,13,14). The van der Waals surface area contributed by atoms with E-state index in [1.807, 2.05) is 6.26 Å². The summed E-state index contributed by atoms with van der Waals surface area (Å²) in [6, 6.07) is 1.16. The van der Waals surface area contributed by atoms with Crippen LogP contribution >= 0.6 is 23.1 Å². The number of hydrogen-bond donors (Lipinski definition) is 2. The number of thioether (sulfide) groups is 1. The van der Waals surface area contributed by atoms with Crippen LogP contribution in [0.3, 0.4) is 0 Å². The number of aromatic carboxylic acids is 1. The van der Waals surface area contributed by atoms with Gasteiger partial charge >= 0.3 is 5.97 Å². The van der Waals surface area contributed by atoms with Crippen molar-refractivity contribution in [2.45, 2.75) is 34.8 Å². The maximum atomic E-state index is 12.1. The van der Waals surface area contributed by atoms with E-state index in [4.69, 9.17) is 5.11 Å². The zero-order valence-corrected chi connectivity index (χ0v) is 12.8. The second-order valence-electron chi connectivity index (χ2n) is 4.45. The highest BCUT2D eigenvalue weighted by molar-refractivity contribution is 7.99. The average molecular weight is 321 g/mol. The highest BCUT2D eigenvalue weighted by atomic mass is 32.2. The summed E-state index contributed by atoms with van der Waals surface area (Å²) in [4.78, 5) is 10.8. The number of thiophene rings is 1. The summed E-state index contributed by atoms with van der Waals surface area (Å²) in [6.45, 7) is 0. The minimum absolute atomic E-state index is 0.0128. The topological polar surface area (TPSA) is 83.5 Å².